The first-order valence-electron chi connectivity index (χ1n) is 6.49. The molecule has 8 nitrogen and oxygen atoms in total. The molecule has 0 aliphatic rings. The molecule has 4 N–H and O–H groups in total. The molecule has 0 aromatic rings. The fourth-order valence-corrected chi connectivity index (χ4v) is 0.928. The van der Waals surface area contributed by atoms with Crippen molar-refractivity contribution in [1.82, 2.24) is 0 Å². The number of aliphatic carboxylic acids is 4. The zero-order valence-corrected chi connectivity index (χ0v) is 16.3. The molecule has 0 fully saturated rings. The van der Waals surface area contributed by atoms with Crippen molar-refractivity contribution in [3.8, 4) is 0 Å². The van der Waals surface area contributed by atoms with Crippen LogP contribution in [0.4, 0.5) is 0 Å². The SMILES string of the molecule is CC/C(=C/C(=O)O)C(=O)O.CC/C(=C/C(=O)O)C(=O)O.[CH3][Sn][CH3]. The second kappa shape index (κ2) is 16.5. The van der Waals surface area contributed by atoms with Crippen molar-refractivity contribution in [2.75, 3.05) is 0 Å². The van der Waals surface area contributed by atoms with Crippen LogP contribution in [0.15, 0.2) is 23.3 Å². The molecule has 0 spiro atoms. The summed E-state index contributed by atoms with van der Waals surface area (Å²) in [5.74, 6) is -4.80. The van der Waals surface area contributed by atoms with Gasteiger partial charge in [0.1, 0.15) is 0 Å². The molecule has 0 bridgehead atoms. The van der Waals surface area contributed by atoms with E-state index in [0.29, 0.717) is 12.2 Å². The zero-order valence-electron chi connectivity index (χ0n) is 13.5. The van der Waals surface area contributed by atoms with Crippen LogP contribution in [0.1, 0.15) is 26.7 Å². The van der Waals surface area contributed by atoms with Gasteiger partial charge in [-0.3, -0.25) is 0 Å². The predicted molar refractivity (Wildman–Crippen MR) is 84.8 cm³/mol. The first-order chi connectivity index (χ1) is 10.6. The van der Waals surface area contributed by atoms with Gasteiger partial charge in [-0.25, -0.2) is 19.2 Å². The molecule has 0 unspecified atom stereocenters. The van der Waals surface area contributed by atoms with Crippen molar-refractivity contribution in [2.45, 2.75) is 36.6 Å². The van der Waals surface area contributed by atoms with Gasteiger partial charge in [-0.05, 0) is 12.8 Å². The molecule has 130 valence electrons. The van der Waals surface area contributed by atoms with E-state index < -0.39 is 23.9 Å². The molecule has 0 heterocycles. The van der Waals surface area contributed by atoms with E-state index in [-0.39, 0.29) is 45.1 Å². The molecular formula is C14H22O8Sn. The van der Waals surface area contributed by atoms with Gasteiger partial charge in [-0.2, -0.15) is 0 Å². The van der Waals surface area contributed by atoms with Crippen LogP contribution in [-0.4, -0.2) is 65.4 Å². The first-order valence-corrected chi connectivity index (χ1v) is 12.2. The molecule has 0 amide bonds. The summed E-state index contributed by atoms with van der Waals surface area (Å²) in [6.45, 7) is 3.17. The fraction of sp³-hybridized carbons (Fsp3) is 0.429. The van der Waals surface area contributed by atoms with Crippen molar-refractivity contribution < 1.29 is 39.6 Å². The Labute approximate surface area is 144 Å². The maximum absolute atomic E-state index is 10.1. The molecule has 0 atom stereocenters. The van der Waals surface area contributed by atoms with Gasteiger partial charge >= 0.3 is 54.9 Å². The molecule has 0 aliphatic heterocycles. The average molecular weight is 437 g/mol. The van der Waals surface area contributed by atoms with Gasteiger partial charge in [0, 0.05) is 23.3 Å². The van der Waals surface area contributed by atoms with Gasteiger partial charge < -0.3 is 20.4 Å². The summed E-state index contributed by atoms with van der Waals surface area (Å²) in [6.07, 6.45) is 1.84. The molecule has 23 heavy (non-hydrogen) atoms. The van der Waals surface area contributed by atoms with Gasteiger partial charge in [0.2, 0.25) is 0 Å². The van der Waals surface area contributed by atoms with E-state index in [4.69, 9.17) is 20.4 Å². The second-order valence-electron chi connectivity index (χ2n) is 3.83. The predicted octanol–water partition coefficient (Wildman–Crippen LogP) is 1.77. The number of rotatable bonds is 6. The molecule has 0 aliphatic carbocycles. The van der Waals surface area contributed by atoms with E-state index in [9.17, 15) is 19.2 Å². The normalized spacial score (nSPS) is 10.4. The molecule has 0 aromatic heterocycles. The van der Waals surface area contributed by atoms with Crippen LogP contribution in [0.2, 0.25) is 9.88 Å². The second-order valence-corrected chi connectivity index (χ2v) is 6.69. The fourth-order valence-electron chi connectivity index (χ4n) is 0.928. The van der Waals surface area contributed by atoms with E-state index in [1.54, 1.807) is 13.8 Å². The van der Waals surface area contributed by atoms with Crippen LogP contribution in [0.25, 0.3) is 0 Å². The Morgan fingerprint density at radius 2 is 0.957 bits per heavy atom. The van der Waals surface area contributed by atoms with Crippen LogP contribution in [0.3, 0.4) is 0 Å². The average Bonchev–Trinajstić information content (AvgIpc) is 2.42. The Morgan fingerprint density at radius 1 is 0.739 bits per heavy atom. The van der Waals surface area contributed by atoms with Gasteiger partial charge in [-0.1, -0.05) is 13.8 Å². The Bertz CT molecular complexity index is 423. The number of carbonyl (C=O) groups is 4. The van der Waals surface area contributed by atoms with Crippen molar-refractivity contribution in [3.63, 3.8) is 0 Å². The van der Waals surface area contributed by atoms with Crippen molar-refractivity contribution in [1.29, 1.82) is 0 Å². The first kappa shape index (κ1) is 26.1. The van der Waals surface area contributed by atoms with E-state index in [0.717, 1.165) is 0 Å². The summed E-state index contributed by atoms with van der Waals surface area (Å²) in [5.41, 5.74) is -0.181. The molecular weight excluding hydrogens is 415 g/mol. The summed E-state index contributed by atoms with van der Waals surface area (Å²) in [6, 6.07) is 0. The standard InChI is InChI=1S/2C6H8O4.2CH3.Sn/c2*1-2-4(6(9)10)3-5(7)8;;;/h2*3H,2H2,1H3,(H,7,8)(H,9,10);2*1H3;/b2*4-3-;;;. The van der Waals surface area contributed by atoms with Crippen LogP contribution >= 0.6 is 0 Å². The number of hydrogen-bond acceptors (Lipinski definition) is 4. The summed E-state index contributed by atoms with van der Waals surface area (Å²) < 4.78 is 0. The van der Waals surface area contributed by atoms with Crippen molar-refractivity contribution in [2.24, 2.45) is 0 Å². The summed E-state index contributed by atoms with van der Waals surface area (Å²) >= 11 is 0.230. The summed E-state index contributed by atoms with van der Waals surface area (Å²) in [4.78, 5) is 44.7. The third-order valence-electron chi connectivity index (χ3n) is 1.91. The number of hydrogen-bond donors (Lipinski definition) is 4. The van der Waals surface area contributed by atoms with E-state index >= 15 is 0 Å². The quantitative estimate of drug-likeness (QED) is 0.363. The number of carboxylic acid groups (broad SMARTS) is 4. The topological polar surface area (TPSA) is 149 Å². The third kappa shape index (κ3) is 20.2. The third-order valence-corrected chi connectivity index (χ3v) is 1.91. The van der Waals surface area contributed by atoms with E-state index in [2.05, 4.69) is 9.88 Å². The Morgan fingerprint density at radius 3 is 1.00 bits per heavy atom. The Kier molecular flexibility index (Phi) is 18.7. The Hall–Kier alpha value is -1.84. The minimum atomic E-state index is -1.22. The summed E-state index contributed by atoms with van der Waals surface area (Å²) in [7, 11) is 0. The molecule has 2 radical (unpaired) electrons. The summed E-state index contributed by atoms with van der Waals surface area (Å²) in [5, 5.41) is 32.8. The van der Waals surface area contributed by atoms with E-state index in [1.165, 1.54) is 0 Å². The Balaban J connectivity index is -0.000000297. The number of carboxylic acids is 4. The van der Waals surface area contributed by atoms with Crippen molar-refractivity contribution >= 4 is 45.0 Å². The van der Waals surface area contributed by atoms with E-state index in [1.807, 2.05) is 0 Å². The van der Waals surface area contributed by atoms with Gasteiger partial charge in [0.15, 0.2) is 0 Å². The molecule has 0 rings (SSSR count). The van der Waals surface area contributed by atoms with Crippen LogP contribution in [0, 0.1) is 0 Å². The zero-order chi connectivity index (χ0) is 19.0. The molecule has 0 aromatic carbocycles. The van der Waals surface area contributed by atoms with Gasteiger partial charge in [0.25, 0.3) is 0 Å². The monoisotopic (exact) mass is 438 g/mol. The molecule has 9 heteroatoms. The maximum atomic E-state index is 10.1. The van der Waals surface area contributed by atoms with Crippen molar-refractivity contribution in [3.05, 3.63) is 23.3 Å². The van der Waals surface area contributed by atoms with Gasteiger partial charge in [0.05, 0.1) is 0 Å². The minimum absolute atomic E-state index is 0.0903. The van der Waals surface area contributed by atoms with Gasteiger partial charge in [-0.15, -0.1) is 0 Å². The van der Waals surface area contributed by atoms with Crippen LogP contribution in [-0.2, 0) is 19.2 Å². The van der Waals surface area contributed by atoms with Crippen LogP contribution in [0.5, 0.6) is 0 Å². The molecule has 0 saturated carbocycles. The van der Waals surface area contributed by atoms with Crippen LogP contribution < -0.4 is 0 Å². The molecule has 0 saturated heterocycles.